The molecule has 4 rings (SSSR count). The van der Waals surface area contributed by atoms with E-state index in [1.165, 1.54) is 0 Å². The molecule has 1 N–H and O–H groups in total. The minimum atomic E-state index is -4.37. The van der Waals surface area contributed by atoms with Crippen molar-refractivity contribution in [3.8, 4) is 6.07 Å². The van der Waals surface area contributed by atoms with Crippen LogP contribution in [0.3, 0.4) is 0 Å². The maximum Gasteiger partial charge on any atom is 0.393 e. The van der Waals surface area contributed by atoms with Gasteiger partial charge in [-0.1, -0.05) is 6.92 Å². The summed E-state index contributed by atoms with van der Waals surface area (Å²) in [6, 6.07) is 7.92. The van der Waals surface area contributed by atoms with Crippen LogP contribution in [0.2, 0.25) is 0 Å². The molecule has 1 amide bonds. The van der Waals surface area contributed by atoms with E-state index in [2.05, 4.69) is 21.3 Å². The van der Waals surface area contributed by atoms with Gasteiger partial charge in [0.2, 0.25) is 5.91 Å². The summed E-state index contributed by atoms with van der Waals surface area (Å²) in [5, 5.41) is 12.9. The lowest BCUT2D eigenvalue weighted by Gasteiger charge is -2.41. The van der Waals surface area contributed by atoms with Crippen molar-refractivity contribution in [1.29, 1.82) is 5.26 Å². The molecule has 2 fully saturated rings. The molecule has 2 aliphatic heterocycles. The van der Waals surface area contributed by atoms with E-state index in [1.807, 2.05) is 6.92 Å². The number of nitrogens with one attached hydrogen (secondary N) is 1. The molecule has 0 saturated carbocycles. The maximum absolute atomic E-state index is 13.8. The summed E-state index contributed by atoms with van der Waals surface area (Å²) in [6.07, 6.45) is -1.31. The normalized spacial score (nSPS) is 24.5. The molecule has 3 atom stereocenters. The van der Waals surface area contributed by atoms with Crippen molar-refractivity contribution < 1.29 is 18.0 Å². The predicted molar refractivity (Wildman–Crippen MR) is 115 cm³/mol. The Morgan fingerprint density at radius 2 is 2.12 bits per heavy atom. The molecular weight excluding hydrogens is 419 g/mol. The Morgan fingerprint density at radius 3 is 2.84 bits per heavy atom. The third-order valence-electron chi connectivity index (χ3n) is 6.54. The fraction of sp³-hybridized carbons (Fsp3) is 0.522. The zero-order chi connectivity index (χ0) is 22.9. The SMILES string of the molecule is CCN1CCCC1C(=O)NC1CC(C(F)(F)F)CN(c2ccc(C#N)c3ncccc23)C1. The van der Waals surface area contributed by atoms with Crippen LogP contribution in [-0.2, 0) is 4.79 Å². The fourth-order valence-electron chi connectivity index (χ4n) is 4.96. The van der Waals surface area contributed by atoms with E-state index < -0.39 is 18.1 Å². The first kappa shape index (κ1) is 22.3. The van der Waals surface area contributed by atoms with Crippen molar-refractivity contribution in [1.82, 2.24) is 15.2 Å². The third-order valence-corrected chi connectivity index (χ3v) is 6.54. The highest BCUT2D eigenvalue weighted by Crippen LogP contribution is 2.37. The van der Waals surface area contributed by atoms with Gasteiger partial charge >= 0.3 is 6.18 Å². The summed E-state index contributed by atoms with van der Waals surface area (Å²) in [6.45, 7) is 3.63. The number of rotatable bonds is 4. The lowest BCUT2D eigenvalue weighted by atomic mass is 9.92. The van der Waals surface area contributed by atoms with Gasteiger partial charge < -0.3 is 10.2 Å². The summed E-state index contributed by atoms with van der Waals surface area (Å²) in [7, 11) is 0. The van der Waals surface area contributed by atoms with Gasteiger partial charge in [0.25, 0.3) is 0 Å². The second kappa shape index (κ2) is 8.94. The highest BCUT2D eigenvalue weighted by atomic mass is 19.4. The number of aromatic nitrogens is 1. The molecule has 6 nitrogen and oxygen atoms in total. The number of amides is 1. The maximum atomic E-state index is 13.8. The average molecular weight is 445 g/mol. The summed E-state index contributed by atoms with van der Waals surface area (Å²) in [4.78, 5) is 20.9. The van der Waals surface area contributed by atoms with Crippen molar-refractivity contribution in [2.75, 3.05) is 31.1 Å². The molecule has 2 saturated heterocycles. The number of hydrogen-bond donors (Lipinski definition) is 1. The largest absolute Gasteiger partial charge is 0.393 e. The van der Waals surface area contributed by atoms with E-state index >= 15 is 0 Å². The molecule has 2 aliphatic rings. The second-order valence-electron chi connectivity index (χ2n) is 8.51. The van der Waals surface area contributed by atoms with Crippen LogP contribution in [0.15, 0.2) is 30.5 Å². The molecule has 2 aromatic rings. The first-order valence-electron chi connectivity index (χ1n) is 11.0. The zero-order valence-corrected chi connectivity index (χ0v) is 17.9. The van der Waals surface area contributed by atoms with Gasteiger partial charge in [0.05, 0.1) is 23.0 Å². The van der Waals surface area contributed by atoms with Crippen LogP contribution in [0, 0.1) is 17.2 Å². The van der Waals surface area contributed by atoms with Crippen molar-refractivity contribution in [2.24, 2.45) is 5.92 Å². The number of alkyl halides is 3. The van der Waals surface area contributed by atoms with Gasteiger partial charge in [0, 0.05) is 36.4 Å². The van der Waals surface area contributed by atoms with E-state index in [-0.39, 0.29) is 31.5 Å². The number of piperidine rings is 1. The minimum Gasteiger partial charge on any atom is -0.368 e. The van der Waals surface area contributed by atoms with Gasteiger partial charge in [-0.2, -0.15) is 18.4 Å². The van der Waals surface area contributed by atoms with Crippen LogP contribution < -0.4 is 10.2 Å². The number of pyridine rings is 1. The van der Waals surface area contributed by atoms with Gasteiger partial charge in [-0.05, 0) is 56.6 Å². The van der Waals surface area contributed by atoms with Crippen molar-refractivity contribution in [2.45, 2.75) is 44.4 Å². The number of carbonyl (C=O) groups is 1. The van der Waals surface area contributed by atoms with Gasteiger partial charge in [-0.25, -0.2) is 0 Å². The van der Waals surface area contributed by atoms with E-state index in [1.54, 1.807) is 35.4 Å². The number of fused-ring (bicyclic) bond motifs is 1. The molecule has 9 heteroatoms. The lowest BCUT2D eigenvalue weighted by Crippen LogP contribution is -2.56. The second-order valence-corrected chi connectivity index (χ2v) is 8.51. The monoisotopic (exact) mass is 445 g/mol. The molecular formula is C23H26F3N5O. The number of anilines is 1. The number of benzene rings is 1. The van der Waals surface area contributed by atoms with E-state index in [0.717, 1.165) is 25.9 Å². The number of nitrogens with zero attached hydrogens (tertiary/aromatic N) is 4. The summed E-state index contributed by atoms with van der Waals surface area (Å²) in [5.41, 5.74) is 1.43. The Morgan fingerprint density at radius 1 is 1.31 bits per heavy atom. The van der Waals surface area contributed by atoms with Crippen LogP contribution >= 0.6 is 0 Å². The van der Waals surface area contributed by atoms with Crippen LogP contribution in [0.1, 0.15) is 31.7 Å². The lowest BCUT2D eigenvalue weighted by molar-refractivity contribution is -0.178. The van der Waals surface area contributed by atoms with Crippen molar-refractivity contribution in [3.63, 3.8) is 0 Å². The number of likely N-dealkylation sites (N-methyl/N-ethyl adjacent to an activating group) is 1. The molecule has 1 aromatic carbocycles. The molecule has 170 valence electrons. The van der Waals surface area contributed by atoms with E-state index in [4.69, 9.17) is 0 Å². The minimum absolute atomic E-state index is 0.142. The first-order chi connectivity index (χ1) is 15.3. The smallest absolute Gasteiger partial charge is 0.368 e. The standard InChI is InChI=1S/C23H26F3N5O/c1-2-30-10-4-6-20(30)22(32)29-17-11-16(23(24,25)26)13-31(14-17)19-8-7-15(12-27)21-18(19)5-3-9-28-21/h3,5,7-9,16-17,20H,2,4,6,10-11,13-14H2,1H3,(H,29,32). The average Bonchev–Trinajstić information content (AvgIpc) is 3.26. The highest BCUT2D eigenvalue weighted by molar-refractivity contribution is 5.95. The topological polar surface area (TPSA) is 72.3 Å². The third kappa shape index (κ3) is 4.37. The zero-order valence-electron chi connectivity index (χ0n) is 17.9. The number of halogens is 3. The molecule has 3 unspecified atom stereocenters. The summed E-state index contributed by atoms with van der Waals surface area (Å²) in [5.74, 6) is -1.75. The van der Waals surface area contributed by atoms with Crippen LogP contribution in [0.25, 0.3) is 10.9 Å². The molecule has 3 heterocycles. The van der Waals surface area contributed by atoms with Gasteiger partial charge in [0.15, 0.2) is 0 Å². The molecule has 32 heavy (non-hydrogen) atoms. The Hall–Kier alpha value is -2.86. The summed E-state index contributed by atoms with van der Waals surface area (Å²) < 4.78 is 41.4. The van der Waals surface area contributed by atoms with Crippen molar-refractivity contribution in [3.05, 3.63) is 36.0 Å². The van der Waals surface area contributed by atoms with Crippen LogP contribution in [0.5, 0.6) is 0 Å². The van der Waals surface area contributed by atoms with Crippen LogP contribution in [0.4, 0.5) is 18.9 Å². The number of hydrogen-bond acceptors (Lipinski definition) is 5. The Labute approximate surface area is 185 Å². The first-order valence-corrected chi connectivity index (χ1v) is 11.0. The van der Waals surface area contributed by atoms with Crippen molar-refractivity contribution >= 4 is 22.5 Å². The molecule has 0 bridgehead atoms. The predicted octanol–water partition coefficient (Wildman–Crippen LogP) is 3.46. The van der Waals surface area contributed by atoms with E-state index in [0.29, 0.717) is 22.2 Å². The Kier molecular flexibility index (Phi) is 6.24. The quantitative estimate of drug-likeness (QED) is 0.781. The number of likely N-dealkylation sites (tertiary alicyclic amines) is 1. The Balaban J connectivity index is 1.62. The number of nitriles is 1. The van der Waals surface area contributed by atoms with Gasteiger partial charge in [0.1, 0.15) is 6.07 Å². The molecule has 1 aromatic heterocycles. The van der Waals surface area contributed by atoms with Crippen LogP contribution in [-0.4, -0.2) is 60.2 Å². The molecule has 0 spiro atoms. The van der Waals surface area contributed by atoms with Gasteiger partial charge in [-0.3, -0.25) is 14.7 Å². The molecule has 0 aliphatic carbocycles. The molecule has 0 radical (unpaired) electrons. The Bertz CT molecular complexity index is 1030. The fourth-order valence-corrected chi connectivity index (χ4v) is 4.96. The van der Waals surface area contributed by atoms with E-state index in [9.17, 15) is 23.2 Å². The summed E-state index contributed by atoms with van der Waals surface area (Å²) >= 11 is 0. The van der Waals surface area contributed by atoms with Gasteiger partial charge in [-0.15, -0.1) is 0 Å². The highest BCUT2D eigenvalue weighted by Gasteiger charge is 2.45. The number of carbonyl (C=O) groups excluding carboxylic acids is 1.